The third kappa shape index (κ3) is 3.82. The molecule has 1 fully saturated rings. The Hall–Kier alpha value is -2.61. The molecule has 150 valence electrons. The minimum Gasteiger partial charge on any atom is -0.494 e. The first-order chi connectivity index (χ1) is 13.4. The van der Waals surface area contributed by atoms with E-state index < -0.39 is 0 Å². The van der Waals surface area contributed by atoms with Crippen LogP contribution in [0.25, 0.3) is 0 Å². The van der Waals surface area contributed by atoms with Gasteiger partial charge in [-0.15, -0.1) is 0 Å². The molecule has 1 atom stereocenters. The fourth-order valence-electron chi connectivity index (χ4n) is 3.96. The summed E-state index contributed by atoms with van der Waals surface area (Å²) < 4.78 is 11.4. The highest BCUT2D eigenvalue weighted by Crippen LogP contribution is 2.33. The minimum absolute atomic E-state index is 0.00722. The van der Waals surface area contributed by atoms with E-state index in [9.17, 15) is 4.79 Å². The van der Waals surface area contributed by atoms with Gasteiger partial charge in [0.1, 0.15) is 5.75 Å². The number of anilines is 2. The number of H-pyrrole nitrogens is 1. The molecule has 8 nitrogen and oxygen atoms in total. The van der Waals surface area contributed by atoms with E-state index in [1.54, 1.807) is 7.11 Å². The molecule has 0 bridgehead atoms. The van der Waals surface area contributed by atoms with Crippen molar-refractivity contribution in [2.75, 3.05) is 37.0 Å². The van der Waals surface area contributed by atoms with E-state index in [0.29, 0.717) is 24.5 Å². The zero-order valence-electron chi connectivity index (χ0n) is 16.6. The largest absolute Gasteiger partial charge is 0.494 e. The number of morpholine rings is 1. The van der Waals surface area contributed by atoms with Crippen LogP contribution in [-0.2, 0) is 22.4 Å². The highest BCUT2D eigenvalue weighted by atomic mass is 16.5. The van der Waals surface area contributed by atoms with Crippen LogP contribution in [0.2, 0.25) is 0 Å². The summed E-state index contributed by atoms with van der Waals surface area (Å²) in [5, 5.41) is 14.0. The van der Waals surface area contributed by atoms with Gasteiger partial charge in [-0.1, -0.05) is 0 Å². The van der Waals surface area contributed by atoms with Crippen LogP contribution < -0.4 is 15.0 Å². The summed E-state index contributed by atoms with van der Waals surface area (Å²) in [5.74, 6) is 0.544. The lowest BCUT2D eigenvalue weighted by Gasteiger charge is -2.39. The van der Waals surface area contributed by atoms with Gasteiger partial charge >= 0.3 is 0 Å². The SMILES string of the molecule is COc1cc(N2CCOC(C)(C)C2)ccc1NC(=O)[C@@H]1CCc2n[nH]nc2C1. The summed E-state index contributed by atoms with van der Waals surface area (Å²) in [7, 11) is 1.63. The molecule has 4 rings (SSSR count). The van der Waals surface area contributed by atoms with Crippen LogP contribution in [0, 0.1) is 5.92 Å². The summed E-state index contributed by atoms with van der Waals surface area (Å²) >= 11 is 0. The predicted octanol–water partition coefficient (Wildman–Crippen LogP) is 2.17. The Balaban J connectivity index is 1.47. The van der Waals surface area contributed by atoms with Gasteiger partial charge in [-0.3, -0.25) is 4.79 Å². The molecule has 2 aromatic rings. The van der Waals surface area contributed by atoms with Gasteiger partial charge in [-0.2, -0.15) is 15.4 Å². The number of methoxy groups -OCH3 is 1. The molecule has 2 heterocycles. The lowest BCUT2D eigenvalue weighted by Crippen LogP contribution is -2.48. The average Bonchev–Trinajstić information content (AvgIpc) is 3.15. The molecule has 0 unspecified atom stereocenters. The molecule has 2 N–H and O–H groups in total. The Morgan fingerprint density at radius 2 is 2.18 bits per heavy atom. The quantitative estimate of drug-likeness (QED) is 0.838. The number of nitrogens with zero attached hydrogens (tertiary/aromatic N) is 3. The number of hydrogen-bond acceptors (Lipinski definition) is 6. The van der Waals surface area contributed by atoms with E-state index >= 15 is 0 Å². The molecule has 1 amide bonds. The fourth-order valence-corrected chi connectivity index (χ4v) is 3.96. The lowest BCUT2D eigenvalue weighted by atomic mass is 9.89. The number of amides is 1. The third-order valence-corrected chi connectivity index (χ3v) is 5.48. The van der Waals surface area contributed by atoms with Gasteiger partial charge in [-0.25, -0.2) is 0 Å². The lowest BCUT2D eigenvalue weighted by molar-refractivity contribution is -0.120. The molecule has 2 aliphatic rings. The molecule has 0 saturated carbocycles. The highest BCUT2D eigenvalue weighted by molar-refractivity contribution is 5.94. The molecule has 1 saturated heterocycles. The normalized spacial score (nSPS) is 21.1. The number of benzene rings is 1. The number of hydrogen-bond donors (Lipinski definition) is 2. The van der Waals surface area contributed by atoms with Crippen LogP contribution in [0.5, 0.6) is 5.75 Å². The summed E-state index contributed by atoms with van der Waals surface area (Å²) in [4.78, 5) is 15.1. The van der Waals surface area contributed by atoms with Crippen molar-refractivity contribution < 1.29 is 14.3 Å². The van der Waals surface area contributed by atoms with Crippen LogP contribution in [0.3, 0.4) is 0 Å². The number of aromatic amines is 1. The molecule has 8 heteroatoms. The second kappa shape index (κ2) is 7.43. The summed E-state index contributed by atoms with van der Waals surface area (Å²) in [6.45, 7) is 6.52. The zero-order chi connectivity index (χ0) is 19.7. The molecule has 1 aromatic carbocycles. The molecule has 1 aliphatic heterocycles. The molecule has 0 radical (unpaired) electrons. The Labute approximate surface area is 164 Å². The average molecular weight is 385 g/mol. The van der Waals surface area contributed by atoms with Gasteiger partial charge in [-0.05, 0) is 38.8 Å². The van der Waals surface area contributed by atoms with E-state index in [1.807, 2.05) is 18.2 Å². The van der Waals surface area contributed by atoms with E-state index in [0.717, 1.165) is 43.0 Å². The smallest absolute Gasteiger partial charge is 0.227 e. The van der Waals surface area contributed by atoms with Crippen LogP contribution >= 0.6 is 0 Å². The standard InChI is InChI=1S/C20H27N5O3/c1-20(2)12-25(8-9-28-20)14-5-7-16(18(11-14)27-3)21-19(26)13-4-6-15-17(10-13)23-24-22-15/h5,7,11,13H,4,6,8-10,12H2,1-3H3,(H,21,26)(H,22,23,24)/t13-/m1/s1. The number of nitrogens with one attached hydrogen (secondary N) is 2. The number of carbonyl (C=O) groups is 1. The number of carbonyl (C=O) groups excluding carboxylic acids is 1. The Kier molecular flexibility index (Phi) is 4.97. The molecule has 0 spiro atoms. The van der Waals surface area contributed by atoms with Crippen molar-refractivity contribution in [1.82, 2.24) is 15.4 Å². The van der Waals surface area contributed by atoms with E-state index in [4.69, 9.17) is 9.47 Å². The Bertz CT molecular complexity index is 863. The Morgan fingerprint density at radius 1 is 1.36 bits per heavy atom. The van der Waals surface area contributed by atoms with Gasteiger partial charge in [0.2, 0.25) is 5.91 Å². The van der Waals surface area contributed by atoms with Crippen molar-refractivity contribution in [3.63, 3.8) is 0 Å². The number of aryl methyl sites for hydroxylation is 1. The zero-order valence-corrected chi connectivity index (χ0v) is 16.6. The van der Waals surface area contributed by atoms with Crippen molar-refractivity contribution >= 4 is 17.3 Å². The van der Waals surface area contributed by atoms with Gasteiger partial charge in [0.15, 0.2) is 0 Å². The number of aromatic nitrogens is 3. The predicted molar refractivity (Wildman–Crippen MR) is 106 cm³/mol. The summed E-state index contributed by atoms with van der Waals surface area (Å²) in [5.41, 5.74) is 3.44. The van der Waals surface area contributed by atoms with Gasteiger partial charge < -0.3 is 19.7 Å². The number of rotatable bonds is 4. The topological polar surface area (TPSA) is 92.4 Å². The van der Waals surface area contributed by atoms with Crippen LogP contribution in [0.4, 0.5) is 11.4 Å². The van der Waals surface area contributed by atoms with Gasteiger partial charge in [0, 0.05) is 37.2 Å². The molecule has 28 heavy (non-hydrogen) atoms. The van der Waals surface area contributed by atoms with Crippen LogP contribution in [0.1, 0.15) is 31.7 Å². The minimum atomic E-state index is -0.181. The van der Waals surface area contributed by atoms with Gasteiger partial charge in [0.05, 0.1) is 36.4 Å². The molecule has 1 aromatic heterocycles. The maximum absolute atomic E-state index is 12.8. The van der Waals surface area contributed by atoms with Crippen LogP contribution in [0.15, 0.2) is 18.2 Å². The number of fused-ring (bicyclic) bond motifs is 1. The Morgan fingerprint density at radius 3 is 2.96 bits per heavy atom. The fraction of sp³-hybridized carbons (Fsp3) is 0.550. The van der Waals surface area contributed by atoms with Crippen molar-refractivity contribution in [1.29, 1.82) is 0 Å². The van der Waals surface area contributed by atoms with E-state index in [1.165, 1.54) is 0 Å². The summed E-state index contributed by atoms with van der Waals surface area (Å²) in [6, 6.07) is 5.92. The first kappa shape index (κ1) is 18.7. The van der Waals surface area contributed by atoms with Crippen LogP contribution in [-0.4, -0.2) is 53.7 Å². The van der Waals surface area contributed by atoms with Gasteiger partial charge in [0.25, 0.3) is 0 Å². The third-order valence-electron chi connectivity index (χ3n) is 5.48. The summed E-state index contributed by atoms with van der Waals surface area (Å²) in [6.07, 6.45) is 2.16. The van der Waals surface area contributed by atoms with E-state index in [2.05, 4.69) is 39.5 Å². The first-order valence-corrected chi connectivity index (χ1v) is 9.71. The van der Waals surface area contributed by atoms with Crippen molar-refractivity contribution in [2.24, 2.45) is 5.92 Å². The second-order valence-corrected chi connectivity index (χ2v) is 8.06. The highest BCUT2D eigenvalue weighted by Gasteiger charge is 2.29. The van der Waals surface area contributed by atoms with E-state index in [-0.39, 0.29) is 17.4 Å². The molecule has 1 aliphatic carbocycles. The monoisotopic (exact) mass is 385 g/mol. The maximum Gasteiger partial charge on any atom is 0.227 e. The molecular formula is C20H27N5O3. The number of ether oxygens (including phenoxy) is 2. The van der Waals surface area contributed by atoms with Crippen molar-refractivity contribution in [3.05, 3.63) is 29.6 Å². The van der Waals surface area contributed by atoms with Crippen molar-refractivity contribution in [3.8, 4) is 5.75 Å². The second-order valence-electron chi connectivity index (χ2n) is 8.06. The maximum atomic E-state index is 12.8. The first-order valence-electron chi connectivity index (χ1n) is 9.71. The molecular weight excluding hydrogens is 358 g/mol. The van der Waals surface area contributed by atoms with Crippen molar-refractivity contribution in [2.45, 2.75) is 38.7 Å².